The Labute approximate surface area is 139 Å². The molecule has 0 saturated heterocycles. The smallest absolute Gasteiger partial charge is 0.129 e. The van der Waals surface area contributed by atoms with Gasteiger partial charge < -0.3 is 0 Å². The highest BCUT2D eigenvalue weighted by Crippen LogP contribution is 2.30. The van der Waals surface area contributed by atoms with E-state index in [4.69, 9.17) is 34.8 Å². The van der Waals surface area contributed by atoms with Crippen molar-refractivity contribution in [2.45, 2.75) is 5.88 Å². The van der Waals surface area contributed by atoms with Crippen LogP contribution in [0.1, 0.15) is 5.82 Å². The van der Waals surface area contributed by atoms with Crippen LogP contribution < -0.4 is 0 Å². The predicted molar refractivity (Wildman–Crippen MR) is 88.3 cm³/mol. The lowest BCUT2D eigenvalue weighted by atomic mass is 10.2. The number of hydrogen-bond acceptors (Lipinski definition) is 1. The summed E-state index contributed by atoms with van der Waals surface area (Å²) in [4.78, 5) is 4.51. The minimum Gasteiger partial charge on any atom is -0.295 e. The van der Waals surface area contributed by atoms with Gasteiger partial charge in [-0.2, -0.15) is 0 Å². The number of rotatable bonds is 2. The molecule has 0 saturated carbocycles. The van der Waals surface area contributed by atoms with Crippen molar-refractivity contribution < 1.29 is 0 Å². The van der Waals surface area contributed by atoms with Gasteiger partial charge >= 0.3 is 0 Å². The van der Waals surface area contributed by atoms with Gasteiger partial charge in [0.15, 0.2) is 0 Å². The van der Waals surface area contributed by atoms with Gasteiger partial charge in [0, 0.05) is 10.2 Å². The molecular weight excluding hydrogens is 382 g/mol. The van der Waals surface area contributed by atoms with Crippen molar-refractivity contribution in [1.29, 1.82) is 0 Å². The lowest BCUT2D eigenvalue weighted by Crippen LogP contribution is -1.98. The summed E-state index contributed by atoms with van der Waals surface area (Å²) in [5.41, 5.74) is 2.64. The first kappa shape index (κ1) is 14.2. The van der Waals surface area contributed by atoms with E-state index in [2.05, 4.69) is 20.9 Å². The van der Waals surface area contributed by atoms with Gasteiger partial charge in [-0.1, -0.05) is 39.1 Å². The van der Waals surface area contributed by atoms with Crippen molar-refractivity contribution in [3.63, 3.8) is 0 Å². The third-order valence-electron chi connectivity index (χ3n) is 2.97. The first-order valence-corrected chi connectivity index (χ1v) is 7.87. The number of nitrogens with zero attached hydrogens (tertiary/aromatic N) is 2. The molecule has 2 nitrogen and oxygen atoms in total. The number of aromatic nitrogens is 2. The summed E-state index contributed by atoms with van der Waals surface area (Å²) in [6, 6.07) is 11.5. The minimum absolute atomic E-state index is 0.306. The number of fused-ring (bicyclic) bond motifs is 1. The standard InChI is InChI=1S/C14H8BrCl3N2/c15-8-1-3-9(4-2-8)20-13-6-11(18)10(17)5-12(13)19-14(20)7-16/h1-6H,7H2. The predicted octanol–water partition coefficient (Wildman–Crippen LogP) is 5.83. The van der Waals surface area contributed by atoms with Crippen LogP contribution in [0.3, 0.4) is 0 Å². The molecule has 0 spiro atoms. The van der Waals surface area contributed by atoms with Crippen LogP contribution in [-0.2, 0) is 5.88 Å². The normalized spacial score (nSPS) is 11.2. The van der Waals surface area contributed by atoms with Crippen molar-refractivity contribution in [3.05, 3.63) is 56.7 Å². The fourth-order valence-corrected chi connectivity index (χ4v) is 2.85. The van der Waals surface area contributed by atoms with E-state index in [-0.39, 0.29) is 0 Å². The Morgan fingerprint density at radius 1 is 1.05 bits per heavy atom. The number of halogens is 4. The molecule has 3 aromatic rings. The fourth-order valence-electron chi connectivity index (χ4n) is 2.09. The molecule has 1 aromatic heterocycles. The Morgan fingerprint density at radius 2 is 1.70 bits per heavy atom. The van der Waals surface area contributed by atoms with Gasteiger partial charge in [-0.15, -0.1) is 11.6 Å². The van der Waals surface area contributed by atoms with Gasteiger partial charge in [-0.3, -0.25) is 4.57 Å². The molecule has 0 atom stereocenters. The fraction of sp³-hybridized carbons (Fsp3) is 0.0714. The zero-order valence-corrected chi connectivity index (χ0v) is 13.9. The maximum atomic E-state index is 6.11. The second-order valence-corrected chi connectivity index (χ2v) is 6.23. The zero-order chi connectivity index (χ0) is 14.3. The van der Waals surface area contributed by atoms with E-state index in [1.165, 1.54) is 0 Å². The molecule has 1 heterocycles. The number of alkyl halides is 1. The van der Waals surface area contributed by atoms with Gasteiger partial charge in [0.2, 0.25) is 0 Å². The Bertz CT molecular complexity index is 781. The van der Waals surface area contributed by atoms with Crippen LogP contribution in [0, 0.1) is 0 Å². The Morgan fingerprint density at radius 3 is 2.35 bits per heavy atom. The maximum Gasteiger partial charge on any atom is 0.129 e. The Hall–Kier alpha value is -0.740. The third-order valence-corrected chi connectivity index (χ3v) is 4.46. The molecule has 6 heteroatoms. The van der Waals surface area contributed by atoms with E-state index in [0.29, 0.717) is 15.9 Å². The average Bonchev–Trinajstić information content (AvgIpc) is 2.78. The van der Waals surface area contributed by atoms with Crippen LogP contribution in [0.5, 0.6) is 0 Å². The molecule has 0 radical (unpaired) electrons. The highest BCUT2D eigenvalue weighted by Gasteiger charge is 2.13. The highest BCUT2D eigenvalue weighted by molar-refractivity contribution is 9.10. The van der Waals surface area contributed by atoms with Gasteiger partial charge in [-0.05, 0) is 36.4 Å². The molecule has 102 valence electrons. The zero-order valence-electron chi connectivity index (χ0n) is 10.1. The molecule has 0 unspecified atom stereocenters. The Kier molecular flexibility index (Phi) is 3.95. The van der Waals surface area contributed by atoms with Gasteiger partial charge in [0.1, 0.15) is 5.82 Å². The largest absolute Gasteiger partial charge is 0.295 e. The van der Waals surface area contributed by atoms with Crippen molar-refractivity contribution in [1.82, 2.24) is 9.55 Å². The molecule has 0 aliphatic rings. The van der Waals surface area contributed by atoms with E-state index in [0.717, 1.165) is 27.0 Å². The molecule has 0 bridgehead atoms. The molecule has 20 heavy (non-hydrogen) atoms. The van der Waals surface area contributed by atoms with Crippen LogP contribution >= 0.6 is 50.7 Å². The van der Waals surface area contributed by atoms with Crippen molar-refractivity contribution in [2.75, 3.05) is 0 Å². The average molecular weight is 390 g/mol. The highest BCUT2D eigenvalue weighted by atomic mass is 79.9. The van der Waals surface area contributed by atoms with Crippen LogP contribution in [0.25, 0.3) is 16.7 Å². The third kappa shape index (κ3) is 2.44. The van der Waals surface area contributed by atoms with E-state index in [1.54, 1.807) is 6.07 Å². The summed E-state index contributed by atoms with van der Waals surface area (Å²) in [5, 5.41) is 0.985. The van der Waals surface area contributed by atoms with E-state index in [1.807, 2.05) is 34.9 Å². The molecule has 0 aliphatic carbocycles. The lowest BCUT2D eigenvalue weighted by Gasteiger charge is -2.08. The summed E-state index contributed by atoms with van der Waals surface area (Å²) in [6.45, 7) is 0. The van der Waals surface area contributed by atoms with Crippen molar-refractivity contribution >= 4 is 61.8 Å². The maximum absolute atomic E-state index is 6.11. The first-order chi connectivity index (χ1) is 9.60. The van der Waals surface area contributed by atoms with Crippen molar-refractivity contribution in [3.8, 4) is 5.69 Å². The molecule has 0 amide bonds. The van der Waals surface area contributed by atoms with Crippen LogP contribution in [0.2, 0.25) is 10.0 Å². The summed E-state index contributed by atoms with van der Waals surface area (Å²) < 4.78 is 3.00. The first-order valence-electron chi connectivity index (χ1n) is 5.78. The summed E-state index contributed by atoms with van der Waals surface area (Å²) in [7, 11) is 0. The molecule has 2 aromatic carbocycles. The second-order valence-electron chi connectivity index (χ2n) is 4.23. The van der Waals surface area contributed by atoms with E-state index < -0.39 is 0 Å². The molecule has 3 rings (SSSR count). The quantitative estimate of drug-likeness (QED) is 0.503. The van der Waals surface area contributed by atoms with E-state index >= 15 is 0 Å². The molecule has 0 N–H and O–H groups in total. The van der Waals surface area contributed by atoms with E-state index in [9.17, 15) is 0 Å². The van der Waals surface area contributed by atoms with Crippen molar-refractivity contribution in [2.24, 2.45) is 0 Å². The van der Waals surface area contributed by atoms with Crippen LogP contribution in [0.15, 0.2) is 40.9 Å². The number of imidazole rings is 1. The summed E-state index contributed by atoms with van der Waals surface area (Å²) in [6.07, 6.45) is 0. The van der Waals surface area contributed by atoms with Crippen LogP contribution in [-0.4, -0.2) is 9.55 Å². The minimum atomic E-state index is 0.306. The molecule has 0 fully saturated rings. The van der Waals surface area contributed by atoms with Gasteiger partial charge in [-0.25, -0.2) is 4.98 Å². The topological polar surface area (TPSA) is 17.8 Å². The molecule has 0 aliphatic heterocycles. The number of hydrogen-bond donors (Lipinski definition) is 0. The van der Waals surface area contributed by atoms with Crippen LogP contribution in [0.4, 0.5) is 0 Å². The van der Waals surface area contributed by atoms with Gasteiger partial charge in [0.05, 0.1) is 27.0 Å². The monoisotopic (exact) mass is 388 g/mol. The summed E-state index contributed by atoms with van der Waals surface area (Å²) >= 11 is 21.6. The second kappa shape index (κ2) is 5.57. The Balaban J connectivity index is 2.32. The summed E-state index contributed by atoms with van der Waals surface area (Å²) in [5.74, 6) is 1.06. The number of benzene rings is 2. The lowest BCUT2D eigenvalue weighted by molar-refractivity contribution is 0.981. The van der Waals surface area contributed by atoms with Gasteiger partial charge in [0.25, 0.3) is 0 Å². The SMILES string of the molecule is ClCc1nc2cc(Cl)c(Cl)cc2n1-c1ccc(Br)cc1. The molecular formula is C14H8BrCl3N2.